The Hall–Kier alpha value is -2.57. The fraction of sp³-hybridized carbons (Fsp3) is 0. The zero-order chi connectivity index (χ0) is 14.2. The summed E-state index contributed by atoms with van der Waals surface area (Å²) in [5.41, 5.74) is 10.5. The van der Waals surface area contributed by atoms with Gasteiger partial charge in [-0.1, -0.05) is 6.58 Å². The highest BCUT2D eigenvalue weighted by molar-refractivity contribution is 5.81. The summed E-state index contributed by atoms with van der Waals surface area (Å²) in [5, 5.41) is 0. The molecule has 1 aromatic carbocycles. The van der Waals surface area contributed by atoms with Crippen molar-refractivity contribution < 1.29 is 13.2 Å². The van der Waals surface area contributed by atoms with Crippen molar-refractivity contribution in [2.75, 3.05) is 11.5 Å². The SMILES string of the molecule is C=C(c1ncc(F)c(N)n1)c1cc(F)cc(F)c1N. The van der Waals surface area contributed by atoms with Gasteiger partial charge in [0.1, 0.15) is 11.6 Å². The number of aromatic nitrogens is 2. The number of nitrogens with zero attached hydrogens (tertiary/aromatic N) is 2. The molecule has 0 unspecified atom stereocenters. The van der Waals surface area contributed by atoms with Gasteiger partial charge in [-0.2, -0.15) is 0 Å². The van der Waals surface area contributed by atoms with Crippen LogP contribution < -0.4 is 11.5 Å². The first-order valence-electron chi connectivity index (χ1n) is 5.12. The summed E-state index contributed by atoms with van der Waals surface area (Å²) in [6, 6.07) is 1.63. The lowest BCUT2D eigenvalue weighted by Crippen LogP contribution is -2.05. The molecule has 0 aliphatic rings. The quantitative estimate of drug-likeness (QED) is 0.816. The Kier molecular flexibility index (Phi) is 3.12. The van der Waals surface area contributed by atoms with E-state index in [1.165, 1.54) is 0 Å². The molecule has 7 heteroatoms. The summed E-state index contributed by atoms with van der Waals surface area (Å²) in [7, 11) is 0. The van der Waals surface area contributed by atoms with Gasteiger partial charge in [-0.05, 0) is 6.07 Å². The van der Waals surface area contributed by atoms with E-state index in [2.05, 4.69) is 16.5 Å². The minimum absolute atomic E-state index is 0.0106. The van der Waals surface area contributed by atoms with Gasteiger partial charge in [-0.15, -0.1) is 0 Å². The van der Waals surface area contributed by atoms with Crippen LogP contribution in [0.2, 0.25) is 0 Å². The van der Waals surface area contributed by atoms with E-state index in [9.17, 15) is 13.2 Å². The van der Waals surface area contributed by atoms with Crippen molar-refractivity contribution in [2.24, 2.45) is 0 Å². The third-order valence-corrected chi connectivity index (χ3v) is 2.46. The van der Waals surface area contributed by atoms with E-state index in [1.54, 1.807) is 0 Å². The third-order valence-electron chi connectivity index (χ3n) is 2.46. The summed E-state index contributed by atoms with van der Waals surface area (Å²) in [4.78, 5) is 7.29. The van der Waals surface area contributed by atoms with Gasteiger partial charge in [0.2, 0.25) is 0 Å². The lowest BCUT2D eigenvalue weighted by Gasteiger charge is -2.09. The molecule has 4 nitrogen and oxygen atoms in total. The number of anilines is 2. The third kappa shape index (κ3) is 2.35. The molecule has 0 fully saturated rings. The molecule has 0 spiro atoms. The van der Waals surface area contributed by atoms with Gasteiger partial charge >= 0.3 is 0 Å². The number of rotatable bonds is 2. The average Bonchev–Trinajstić information content (AvgIpc) is 2.36. The van der Waals surface area contributed by atoms with Gasteiger partial charge < -0.3 is 11.5 Å². The molecule has 0 bridgehead atoms. The molecule has 2 rings (SSSR count). The maximum absolute atomic E-state index is 13.3. The van der Waals surface area contributed by atoms with Crippen LogP contribution in [-0.2, 0) is 0 Å². The maximum atomic E-state index is 13.3. The molecule has 4 N–H and O–H groups in total. The molecule has 1 heterocycles. The Bertz CT molecular complexity index is 670. The number of nitrogens with two attached hydrogens (primary N) is 2. The predicted molar refractivity (Wildman–Crippen MR) is 65.3 cm³/mol. The minimum atomic E-state index is -0.925. The fourth-order valence-corrected chi connectivity index (χ4v) is 1.48. The molecule has 19 heavy (non-hydrogen) atoms. The zero-order valence-electron chi connectivity index (χ0n) is 9.62. The second kappa shape index (κ2) is 4.60. The lowest BCUT2D eigenvalue weighted by atomic mass is 10.0. The van der Waals surface area contributed by atoms with Gasteiger partial charge in [0.05, 0.1) is 11.9 Å². The topological polar surface area (TPSA) is 77.8 Å². The van der Waals surface area contributed by atoms with Crippen molar-refractivity contribution >= 4 is 17.1 Å². The highest BCUT2D eigenvalue weighted by atomic mass is 19.1. The second-order valence-corrected chi connectivity index (χ2v) is 3.75. The molecule has 0 saturated carbocycles. The average molecular weight is 266 g/mol. The maximum Gasteiger partial charge on any atom is 0.183 e. The largest absolute Gasteiger partial charge is 0.396 e. The van der Waals surface area contributed by atoms with Crippen LogP contribution in [0.25, 0.3) is 5.57 Å². The Morgan fingerprint density at radius 3 is 2.42 bits per heavy atom. The van der Waals surface area contributed by atoms with Crippen molar-refractivity contribution in [1.82, 2.24) is 9.97 Å². The zero-order valence-corrected chi connectivity index (χ0v) is 9.62. The Labute approximate surface area is 106 Å². The van der Waals surface area contributed by atoms with Crippen LogP contribution in [0, 0.1) is 17.5 Å². The van der Waals surface area contributed by atoms with Gasteiger partial charge in [0.25, 0.3) is 0 Å². The van der Waals surface area contributed by atoms with Gasteiger partial charge in [-0.25, -0.2) is 23.1 Å². The molecule has 0 amide bonds. The molecule has 0 radical (unpaired) electrons. The van der Waals surface area contributed by atoms with Crippen LogP contribution in [0.1, 0.15) is 11.4 Å². The number of halogens is 3. The van der Waals surface area contributed by atoms with E-state index < -0.39 is 17.5 Å². The molecular weight excluding hydrogens is 257 g/mol. The van der Waals surface area contributed by atoms with Crippen LogP contribution in [0.5, 0.6) is 0 Å². The Morgan fingerprint density at radius 1 is 1.11 bits per heavy atom. The molecule has 0 aliphatic carbocycles. The summed E-state index contributed by atoms with van der Waals surface area (Å²) >= 11 is 0. The first kappa shape index (κ1) is 12.9. The van der Waals surface area contributed by atoms with Crippen LogP contribution in [0.4, 0.5) is 24.7 Å². The first-order chi connectivity index (χ1) is 8.90. The monoisotopic (exact) mass is 266 g/mol. The van der Waals surface area contributed by atoms with Crippen molar-refractivity contribution in [1.29, 1.82) is 0 Å². The first-order valence-corrected chi connectivity index (χ1v) is 5.12. The summed E-state index contributed by atoms with van der Waals surface area (Å²) in [6.45, 7) is 3.59. The van der Waals surface area contributed by atoms with E-state index in [-0.39, 0.29) is 28.5 Å². The van der Waals surface area contributed by atoms with E-state index in [1.807, 2.05) is 0 Å². The van der Waals surface area contributed by atoms with Gasteiger partial charge in [-0.3, -0.25) is 0 Å². The molecule has 2 aromatic rings. The molecule has 0 saturated heterocycles. The molecular formula is C12H9F3N4. The number of hydrogen-bond donors (Lipinski definition) is 2. The van der Waals surface area contributed by atoms with E-state index in [0.717, 1.165) is 12.3 Å². The van der Waals surface area contributed by atoms with Crippen LogP contribution >= 0.6 is 0 Å². The van der Waals surface area contributed by atoms with E-state index in [4.69, 9.17) is 11.5 Å². The molecule has 0 atom stereocenters. The second-order valence-electron chi connectivity index (χ2n) is 3.75. The standard InChI is InChI=1S/C12H9F3N4/c1-5(12-18-4-9(15)11(17)19-12)7-2-6(13)3-8(14)10(7)16/h2-4H,1,16H2,(H2,17,18,19). The summed E-state index contributed by atoms with van der Waals surface area (Å²) in [6.07, 6.45) is 0.842. The van der Waals surface area contributed by atoms with Crippen molar-refractivity contribution in [3.05, 3.63) is 53.7 Å². The lowest BCUT2D eigenvalue weighted by molar-refractivity contribution is 0.585. The van der Waals surface area contributed by atoms with Crippen LogP contribution in [0.15, 0.2) is 24.9 Å². The Morgan fingerprint density at radius 2 is 1.79 bits per heavy atom. The molecule has 1 aromatic heterocycles. The number of nitrogen functional groups attached to an aromatic ring is 2. The fourth-order valence-electron chi connectivity index (χ4n) is 1.48. The number of benzene rings is 1. The Balaban J connectivity index is 2.53. The van der Waals surface area contributed by atoms with Crippen LogP contribution in [-0.4, -0.2) is 9.97 Å². The normalized spacial score (nSPS) is 10.5. The van der Waals surface area contributed by atoms with Gasteiger partial charge in [0, 0.05) is 17.2 Å². The summed E-state index contributed by atoms with van der Waals surface area (Å²) in [5.74, 6) is -2.99. The van der Waals surface area contributed by atoms with Crippen molar-refractivity contribution in [2.45, 2.75) is 0 Å². The van der Waals surface area contributed by atoms with Crippen LogP contribution in [0.3, 0.4) is 0 Å². The molecule has 0 aliphatic heterocycles. The van der Waals surface area contributed by atoms with E-state index in [0.29, 0.717) is 6.07 Å². The predicted octanol–water partition coefficient (Wildman–Crippen LogP) is 2.12. The summed E-state index contributed by atoms with van der Waals surface area (Å²) < 4.78 is 39.4. The highest BCUT2D eigenvalue weighted by Gasteiger charge is 2.15. The van der Waals surface area contributed by atoms with Gasteiger partial charge in [0.15, 0.2) is 17.5 Å². The van der Waals surface area contributed by atoms with Crippen molar-refractivity contribution in [3.63, 3.8) is 0 Å². The number of hydrogen-bond acceptors (Lipinski definition) is 4. The van der Waals surface area contributed by atoms with Crippen molar-refractivity contribution in [3.8, 4) is 0 Å². The minimum Gasteiger partial charge on any atom is -0.396 e. The molecule has 98 valence electrons. The smallest absolute Gasteiger partial charge is 0.183 e. The highest BCUT2D eigenvalue weighted by Crippen LogP contribution is 2.27. The van der Waals surface area contributed by atoms with E-state index >= 15 is 0 Å².